The first kappa shape index (κ1) is 12.1. The zero-order chi connectivity index (χ0) is 12.5. The van der Waals surface area contributed by atoms with Crippen LogP contribution in [0.25, 0.3) is 0 Å². The van der Waals surface area contributed by atoms with Gasteiger partial charge >= 0.3 is 0 Å². The number of hydrogen-bond acceptors (Lipinski definition) is 1. The third-order valence-corrected chi connectivity index (χ3v) is 5.41. The van der Waals surface area contributed by atoms with Gasteiger partial charge in [0.25, 0.3) is 0 Å². The van der Waals surface area contributed by atoms with E-state index in [1.165, 1.54) is 10.5 Å². The number of fused-ring (bicyclic) bond motifs is 1. The molecule has 2 aromatic rings. The molecule has 18 heavy (non-hydrogen) atoms. The highest BCUT2D eigenvalue weighted by Crippen LogP contribution is 2.48. The first-order chi connectivity index (χ1) is 8.72. The molecule has 1 unspecified atom stereocenters. The molecule has 1 aliphatic heterocycles. The van der Waals surface area contributed by atoms with Gasteiger partial charge in [0.05, 0.1) is 5.69 Å². The van der Waals surface area contributed by atoms with Gasteiger partial charge in [-0.2, -0.15) is 10.9 Å². The zero-order valence-electron chi connectivity index (χ0n) is 9.48. The van der Waals surface area contributed by atoms with Crippen molar-refractivity contribution in [2.24, 2.45) is 4.99 Å². The maximum Gasteiger partial charge on any atom is 0.0758 e. The molecule has 0 saturated carbocycles. The lowest BCUT2D eigenvalue weighted by Crippen LogP contribution is -1.87. The number of thiol groups is 1. The minimum atomic E-state index is -0.382. The summed E-state index contributed by atoms with van der Waals surface area (Å²) in [5.74, 6) is 0.989. The van der Waals surface area contributed by atoms with Crippen molar-refractivity contribution in [3.8, 4) is 0 Å². The number of nitrogens with zero attached hydrogens (tertiary/aromatic N) is 1. The van der Waals surface area contributed by atoms with E-state index in [0.29, 0.717) is 0 Å². The van der Waals surface area contributed by atoms with Gasteiger partial charge < -0.3 is 0 Å². The molecule has 0 aromatic heterocycles. The molecule has 1 nitrogen and oxygen atoms in total. The smallest absolute Gasteiger partial charge is 0.0758 e. The maximum atomic E-state index is 6.05. The Bertz CT molecular complexity index is 608. The molecule has 1 aliphatic rings. The molecule has 3 rings (SSSR count). The van der Waals surface area contributed by atoms with Crippen molar-refractivity contribution in [2.75, 3.05) is 0 Å². The highest BCUT2D eigenvalue weighted by molar-refractivity contribution is 8.28. The first-order valence-electron chi connectivity index (χ1n) is 5.57. The molecule has 1 heterocycles. The molecule has 0 amide bonds. The average molecular weight is 296 g/mol. The normalized spacial score (nSPS) is 18.9. The lowest BCUT2D eigenvalue weighted by Gasteiger charge is -2.14. The highest BCUT2D eigenvalue weighted by Gasteiger charge is 2.16. The van der Waals surface area contributed by atoms with Crippen LogP contribution in [0.5, 0.6) is 0 Å². The van der Waals surface area contributed by atoms with Gasteiger partial charge in [-0.05, 0) is 35.9 Å². The number of aliphatic imine (C=N–C) groups is 1. The molecule has 0 N–H and O–H groups in total. The van der Waals surface area contributed by atoms with Gasteiger partial charge in [-0.15, -0.1) is 0 Å². The van der Waals surface area contributed by atoms with Crippen LogP contribution in [-0.2, 0) is 5.75 Å². The molecular formula is C14H11Cl2NS. The van der Waals surface area contributed by atoms with Crippen LogP contribution >= 0.6 is 34.1 Å². The van der Waals surface area contributed by atoms with Crippen molar-refractivity contribution in [2.45, 2.75) is 10.6 Å². The van der Waals surface area contributed by atoms with Gasteiger partial charge in [0, 0.05) is 26.2 Å². The fourth-order valence-corrected chi connectivity index (χ4v) is 4.29. The predicted molar refractivity (Wildman–Crippen MR) is 82.0 cm³/mol. The van der Waals surface area contributed by atoms with Crippen molar-refractivity contribution < 1.29 is 0 Å². The van der Waals surface area contributed by atoms with Crippen LogP contribution in [0.15, 0.2) is 52.4 Å². The topological polar surface area (TPSA) is 12.4 Å². The summed E-state index contributed by atoms with van der Waals surface area (Å²) < 4.78 is 0. The Balaban J connectivity index is 1.86. The largest absolute Gasteiger partial charge is 0.250 e. The molecule has 92 valence electrons. The molecule has 0 saturated heterocycles. The van der Waals surface area contributed by atoms with Gasteiger partial charge in [0.15, 0.2) is 0 Å². The van der Waals surface area contributed by atoms with Crippen molar-refractivity contribution in [1.82, 2.24) is 0 Å². The van der Waals surface area contributed by atoms with E-state index in [-0.39, 0.29) is 10.9 Å². The molecule has 0 fully saturated rings. The summed E-state index contributed by atoms with van der Waals surface area (Å²) >= 11 is 11.9. The van der Waals surface area contributed by atoms with Crippen LogP contribution in [-0.4, -0.2) is 5.55 Å². The van der Waals surface area contributed by atoms with E-state index in [1.807, 2.05) is 30.3 Å². The quantitative estimate of drug-likeness (QED) is 0.729. The van der Waals surface area contributed by atoms with Crippen LogP contribution < -0.4 is 0 Å². The zero-order valence-corrected chi connectivity index (χ0v) is 11.9. The van der Waals surface area contributed by atoms with Crippen LogP contribution in [0.1, 0.15) is 5.56 Å². The van der Waals surface area contributed by atoms with Crippen LogP contribution in [0, 0.1) is 0 Å². The van der Waals surface area contributed by atoms with Gasteiger partial charge in [-0.25, -0.2) is 0 Å². The van der Waals surface area contributed by atoms with Crippen molar-refractivity contribution in [1.29, 1.82) is 0 Å². The minimum Gasteiger partial charge on any atom is -0.250 e. The van der Waals surface area contributed by atoms with Gasteiger partial charge in [-0.1, -0.05) is 35.3 Å². The first-order valence-corrected chi connectivity index (χ1v) is 7.92. The van der Waals surface area contributed by atoms with Crippen LogP contribution in [0.3, 0.4) is 0 Å². The van der Waals surface area contributed by atoms with Gasteiger partial charge in [0.2, 0.25) is 0 Å². The standard InChI is InChI=1S/C14H11Cl2NS/c15-11-3-1-10(2-4-11)8-18-9-17-13-6-5-12(16)7-14(13)18/h1-7,9,18H,8H2. The van der Waals surface area contributed by atoms with E-state index in [4.69, 9.17) is 23.2 Å². The third-order valence-electron chi connectivity index (χ3n) is 2.85. The summed E-state index contributed by atoms with van der Waals surface area (Å²) in [5.41, 5.74) is 4.40. The Morgan fingerprint density at radius 1 is 0.944 bits per heavy atom. The summed E-state index contributed by atoms with van der Waals surface area (Å²) in [7, 11) is -0.382. The number of hydrogen-bond donors (Lipinski definition) is 1. The Hall–Kier alpha value is -0.960. The lowest BCUT2D eigenvalue weighted by atomic mass is 10.2. The molecule has 0 radical (unpaired) electrons. The van der Waals surface area contributed by atoms with Crippen LogP contribution in [0.4, 0.5) is 5.69 Å². The summed E-state index contributed by atoms with van der Waals surface area (Å²) in [6.45, 7) is 0. The molecule has 1 atom stereocenters. The number of rotatable bonds is 2. The fraction of sp³-hybridized carbons (Fsp3) is 0.0714. The SMILES string of the molecule is Clc1ccc(C[SH]2C=Nc3ccc(Cl)cc32)cc1. The summed E-state index contributed by atoms with van der Waals surface area (Å²) in [6, 6.07) is 13.9. The van der Waals surface area contributed by atoms with E-state index >= 15 is 0 Å². The Morgan fingerprint density at radius 2 is 1.67 bits per heavy atom. The lowest BCUT2D eigenvalue weighted by molar-refractivity contribution is 1.37. The van der Waals surface area contributed by atoms with E-state index in [9.17, 15) is 0 Å². The third kappa shape index (κ3) is 2.41. The van der Waals surface area contributed by atoms with E-state index in [1.54, 1.807) is 0 Å². The summed E-state index contributed by atoms with van der Waals surface area (Å²) in [5, 5.41) is 1.55. The molecule has 2 aromatic carbocycles. The number of halogens is 2. The van der Waals surface area contributed by atoms with Crippen molar-refractivity contribution in [3.05, 3.63) is 58.1 Å². The molecule has 0 aliphatic carbocycles. The Labute approximate surface area is 119 Å². The number of benzene rings is 2. The summed E-state index contributed by atoms with van der Waals surface area (Å²) in [4.78, 5) is 5.73. The van der Waals surface area contributed by atoms with Crippen molar-refractivity contribution in [3.63, 3.8) is 0 Å². The Morgan fingerprint density at radius 3 is 2.44 bits per heavy atom. The van der Waals surface area contributed by atoms with Gasteiger partial charge in [-0.3, -0.25) is 4.99 Å². The summed E-state index contributed by atoms with van der Waals surface area (Å²) in [6.07, 6.45) is 0. The second kappa shape index (κ2) is 4.96. The van der Waals surface area contributed by atoms with Crippen LogP contribution in [0.2, 0.25) is 10.0 Å². The average Bonchev–Trinajstić information content (AvgIpc) is 2.75. The molecule has 0 spiro atoms. The molecule has 0 bridgehead atoms. The van der Waals surface area contributed by atoms with E-state index in [0.717, 1.165) is 21.5 Å². The second-order valence-electron chi connectivity index (χ2n) is 4.13. The fourth-order valence-electron chi connectivity index (χ4n) is 1.94. The Kier molecular flexibility index (Phi) is 3.33. The molecular weight excluding hydrogens is 285 g/mol. The predicted octanol–water partition coefficient (Wildman–Crippen LogP) is 5.23. The van der Waals surface area contributed by atoms with E-state index < -0.39 is 0 Å². The van der Waals surface area contributed by atoms with Crippen molar-refractivity contribution >= 4 is 45.3 Å². The monoisotopic (exact) mass is 295 g/mol. The second-order valence-corrected chi connectivity index (χ2v) is 6.97. The molecule has 4 heteroatoms. The van der Waals surface area contributed by atoms with Gasteiger partial charge in [0.1, 0.15) is 0 Å². The minimum absolute atomic E-state index is 0.382. The maximum absolute atomic E-state index is 6.05. The highest BCUT2D eigenvalue weighted by atomic mass is 35.5. The van der Waals surface area contributed by atoms with E-state index in [2.05, 4.69) is 22.7 Å².